The van der Waals surface area contributed by atoms with Gasteiger partial charge in [-0.2, -0.15) is 0 Å². The lowest BCUT2D eigenvalue weighted by atomic mass is 10.2. The van der Waals surface area contributed by atoms with Crippen molar-refractivity contribution in [1.29, 1.82) is 0 Å². The Morgan fingerprint density at radius 2 is 1.79 bits per heavy atom. The highest BCUT2D eigenvalue weighted by molar-refractivity contribution is 5.76. The van der Waals surface area contributed by atoms with Crippen LogP contribution in [0.3, 0.4) is 0 Å². The van der Waals surface area contributed by atoms with Gasteiger partial charge in [0, 0.05) is 39.3 Å². The average Bonchev–Trinajstić information content (AvgIpc) is 2.45. The van der Waals surface area contributed by atoms with Gasteiger partial charge in [0.1, 0.15) is 0 Å². The van der Waals surface area contributed by atoms with Gasteiger partial charge in [-0.15, -0.1) is 0 Å². The van der Waals surface area contributed by atoms with Gasteiger partial charge in [-0.1, -0.05) is 0 Å². The van der Waals surface area contributed by atoms with Crippen LogP contribution in [-0.4, -0.2) is 74.7 Å². The number of hydrogen-bond acceptors (Lipinski definition) is 5. The predicted molar refractivity (Wildman–Crippen MR) is 70.8 cm³/mol. The number of rotatable bonds is 7. The lowest BCUT2D eigenvalue weighted by Crippen LogP contribution is -2.49. The van der Waals surface area contributed by atoms with Crippen LogP contribution in [0.4, 0.5) is 0 Å². The number of nitrogens with zero attached hydrogens (tertiary/aromatic N) is 2. The van der Waals surface area contributed by atoms with Crippen molar-refractivity contribution in [1.82, 2.24) is 9.80 Å². The summed E-state index contributed by atoms with van der Waals surface area (Å²) in [5, 5.41) is 0. The molecule has 0 aliphatic carbocycles. The molecule has 0 N–H and O–H groups in total. The van der Waals surface area contributed by atoms with E-state index in [1.165, 1.54) is 7.11 Å². The van der Waals surface area contributed by atoms with Crippen molar-refractivity contribution in [2.75, 3.05) is 53.0 Å². The molecule has 0 spiro atoms. The minimum atomic E-state index is -0.185. The maximum atomic E-state index is 11.8. The molecule has 6 nitrogen and oxygen atoms in total. The highest BCUT2D eigenvalue weighted by Crippen LogP contribution is 2.05. The van der Waals surface area contributed by atoms with E-state index in [9.17, 15) is 9.59 Å². The van der Waals surface area contributed by atoms with Crippen LogP contribution in [0.2, 0.25) is 0 Å². The summed E-state index contributed by atoms with van der Waals surface area (Å²) in [5.41, 5.74) is 0. The number of methoxy groups -OCH3 is 1. The van der Waals surface area contributed by atoms with Crippen LogP contribution in [0.1, 0.15) is 19.8 Å². The van der Waals surface area contributed by atoms with Gasteiger partial charge in [-0.25, -0.2) is 0 Å². The van der Waals surface area contributed by atoms with Crippen molar-refractivity contribution in [3.05, 3.63) is 0 Å². The van der Waals surface area contributed by atoms with Crippen LogP contribution < -0.4 is 0 Å². The Kier molecular flexibility index (Phi) is 7.43. The van der Waals surface area contributed by atoms with E-state index in [0.717, 1.165) is 26.2 Å². The Labute approximate surface area is 114 Å². The van der Waals surface area contributed by atoms with Gasteiger partial charge in [0.2, 0.25) is 5.91 Å². The first-order valence-electron chi connectivity index (χ1n) is 6.82. The number of piperazine rings is 1. The second-order valence-electron chi connectivity index (χ2n) is 4.50. The van der Waals surface area contributed by atoms with Gasteiger partial charge in [0.15, 0.2) is 0 Å². The quantitative estimate of drug-likeness (QED) is 0.487. The van der Waals surface area contributed by atoms with E-state index >= 15 is 0 Å². The molecule has 6 heteroatoms. The summed E-state index contributed by atoms with van der Waals surface area (Å²) < 4.78 is 9.80. The van der Waals surface area contributed by atoms with Crippen molar-refractivity contribution in [2.24, 2.45) is 0 Å². The van der Waals surface area contributed by atoms with Gasteiger partial charge in [0.25, 0.3) is 0 Å². The summed E-state index contributed by atoms with van der Waals surface area (Å²) >= 11 is 0. The number of carbonyl (C=O) groups excluding carboxylic acids is 2. The zero-order valence-corrected chi connectivity index (χ0v) is 11.9. The topological polar surface area (TPSA) is 59.1 Å². The molecule has 1 amide bonds. The summed E-state index contributed by atoms with van der Waals surface area (Å²) in [6.45, 7) is 6.86. The Bertz CT molecular complexity index is 288. The number of amides is 1. The summed E-state index contributed by atoms with van der Waals surface area (Å²) in [4.78, 5) is 26.9. The Balaban J connectivity index is 2.17. The summed E-state index contributed by atoms with van der Waals surface area (Å²) in [6, 6.07) is 0. The van der Waals surface area contributed by atoms with Crippen LogP contribution in [0, 0.1) is 0 Å². The third-order valence-electron chi connectivity index (χ3n) is 3.25. The van der Waals surface area contributed by atoms with Crippen LogP contribution in [0.25, 0.3) is 0 Å². The monoisotopic (exact) mass is 272 g/mol. The average molecular weight is 272 g/mol. The smallest absolute Gasteiger partial charge is 0.306 e. The van der Waals surface area contributed by atoms with Crippen LogP contribution in [0.5, 0.6) is 0 Å². The number of carbonyl (C=O) groups is 2. The fourth-order valence-corrected chi connectivity index (χ4v) is 2.03. The molecule has 110 valence electrons. The molecule has 0 radical (unpaired) electrons. The molecule has 1 aliphatic heterocycles. The second kappa shape index (κ2) is 8.87. The van der Waals surface area contributed by atoms with E-state index in [4.69, 9.17) is 4.74 Å². The van der Waals surface area contributed by atoms with Gasteiger partial charge in [0.05, 0.1) is 26.6 Å². The Morgan fingerprint density at radius 3 is 2.37 bits per heavy atom. The van der Waals surface area contributed by atoms with Gasteiger partial charge < -0.3 is 14.4 Å². The molecule has 1 heterocycles. The van der Waals surface area contributed by atoms with Gasteiger partial charge in [-0.05, 0) is 6.92 Å². The molecule has 0 saturated carbocycles. The fourth-order valence-electron chi connectivity index (χ4n) is 2.03. The third kappa shape index (κ3) is 6.02. The van der Waals surface area contributed by atoms with Crippen molar-refractivity contribution in [3.8, 4) is 0 Å². The van der Waals surface area contributed by atoms with E-state index in [2.05, 4.69) is 9.64 Å². The molecule has 1 saturated heterocycles. The van der Waals surface area contributed by atoms with E-state index in [1.54, 1.807) is 0 Å². The normalized spacial score (nSPS) is 16.4. The summed E-state index contributed by atoms with van der Waals surface area (Å²) in [6.07, 6.45) is 0.866. The summed E-state index contributed by atoms with van der Waals surface area (Å²) in [7, 11) is 1.40. The lowest BCUT2D eigenvalue weighted by Gasteiger charge is -2.34. The maximum absolute atomic E-state index is 11.8. The van der Waals surface area contributed by atoms with Crippen molar-refractivity contribution >= 4 is 11.9 Å². The minimum Gasteiger partial charge on any atom is -0.469 e. The molecule has 0 unspecified atom stereocenters. The fraction of sp³-hybridized carbons (Fsp3) is 0.846. The largest absolute Gasteiger partial charge is 0.469 e. The molecular formula is C13H24N2O4. The van der Waals surface area contributed by atoms with E-state index in [1.807, 2.05) is 11.8 Å². The molecule has 0 aromatic carbocycles. The van der Waals surface area contributed by atoms with Crippen LogP contribution in [0.15, 0.2) is 0 Å². The van der Waals surface area contributed by atoms with Crippen molar-refractivity contribution < 1.29 is 19.1 Å². The third-order valence-corrected chi connectivity index (χ3v) is 3.25. The standard InChI is InChI=1S/C13H24N2O4/c1-3-19-11-5-12(16)15-9-7-14(8-10-15)6-4-13(17)18-2/h3-11H2,1-2H3. The molecule has 1 aliphatic rings. The first-order valence-corrected chi connectivity index (χ1v) is 6.82. The van der Waals surface area contributed by atoms with Gasteiger partial charge >= 0.3 is 5.97 Å². The van der Waals surface area contributed by atoms with Crippen molar-refractivity contribution in [3.63, 3.8) is 0 Å². The lowest BCUT2D eigenvalue weighted by molar-refractivity contribution is -0.141. The molecule has 0 atom stereocenters. The van der Waals surface area contributed by atoms with Crippen LogP contribution >= 0.6 is 0 Å². The molecular weight excluding hydrogens is 248 g/mol. The molecule has 0 aromatic heterocycles. The zero-order chi connectivity index (χ0) is 14.1. The molecule has 1 rings (SSSR count). The van der Waals surface area contributed by atoms with Crippen molar-refractivity contribution in [2.45, 2.75) is 19.8 Å². The first kappa shape index (κ1) is 15.9. The maximum Gasteiger partial charge on any atom is 0.306 e. The minimum absolute atomic E-state index is 0.154. The number of ether oxygens (including phenoxy) is 2. The Morgan fingerprint density at radius 1 is 1.11 bits per heavy atom. The molecule has 0 bridgehead atoms. The molecule has 19 heavy (non-hydrogen) atoms. The van der Waals surface area contributed by atoms with E-state index < -0.39 is 0 Å². The predicted octanol–water partition coefficient (Wildman–Crippen LogP) is 0.120. The Hall–Kier alpha value is -1.14. The molecule has 1 fully saturated rings. The molecule has 0 aromatic rings. The second-order valence-corrected chi connectivity index (χ2v) is 4.50. The SMILES string of the molecule is CCOCCC(=O)N1CCN(CCC(=O)OC)CC1. The highest BCUT2D eigenvalue weighted by Gasteiger charge is 2.20. The number of esters is 1. The number of hydrogen-bond donors (Lipinski definition) is 0. The highest BCUT2D eigenvalue weighted by atomic mass is 16.5. The first-order chi connectivity index (χ1) is 9.17. The van der Waals surface area contributed by atoms with Crippen LogP contribution in [-0.2, 0) is 19.1 Å². The van der Waals surface area contributed by atoms with E-state index in [0.29, 0.717) is 32.6 Å². The summed E-state index contributed by atoms with van der Waals surface area (Å²) in [5.74, 6) is -0.0312. The zero-order valence-electron chi connectivity index (χ0n) is 11.9. The van der Waals surface area contributed by atoms with Gasteiger partial charge in [-0.3, -0.25) is 14.5 Å². The van der Waals surface area contributed by atoms with E-state index in [-0.39, 0.29) is 11.9 Å².